The maximum Gasteiger partial charge on any atom is 0.0405 e. The fraction of sp³-hybridized carbons (Fsp3) is 0.273. The van der Waals surface area contributed by atoms with Crippen molar-refractivity contribution in [1.29, 1.82) is 0 Å². The van der Waals surface area contributed by atoms with Gasteiger partial charge in [-0.1, -0.05) is 6.07 Å². The molecule has 0 spiro atoms. The molecule has 0 saturated heterocycles. The van der Waals surface area contributed by atoms with Gasteiger partial charge in [-0.05, 0) is 41.8 Å². The highest BCUT2D eigenvalue weighted by Gasteiger charge is 2.26. The van der Waals surface area contributed by atoms with Gasteiger partial charge in [0, 0.05) is 15.8 Å². The minimum atomic E-state index is 0.804. The van der Waals surface area contributed by atoms with Crippen LogP contribution in [0.1, 0.15) is 24.3 Å². The zero-order chi connectivity index (χ0) is 8.84. The summed E-state index contributed by atoms with van der Waals surface area (Å²) in [4.78, 5) is 0. The van der Waals surface area contributed by atoms with E-state index in [9.17, 15) is 0 Å². The molecule has 0 atom stereocenters. The molecule has 1 fully saturated rings. The molecular weight excluding hydrogens is 178 g/mol. The third-order valence-corrected chi connectivity index (χ3v) is 3.64. The Balaban J connectivity index is 2.34. The SMILES string of the molecule is Nc1cccc2scc(C3CC3)c12. The van der Waals surface area contributed by atoms with Gasteiger partial charge in [0.25, 0.3) is 0 Å². The summed E-state index contributed by atoms with van der Waals surface area (Å²) in [5, 5.41) is 3.59. The van der Waals surface area contributed by atoms with E-state index in [1.54, 1.807) is 0 Å². The van der Waals surface area contributed by atoms with Gasteiger partial charge in [0.1, 0.15) is 0 Å². The molecule has 2 aromatic rings. The summed E-state index contributed by atoms with van der Waals surface area (Å²) < 4.78 is 1.34. The molecular formula is C11H11NS. The Kier molecular flexibility index (Phi) is 1.41. The van der Waals surface area contributed by atoms with E-state index >= 15 is 0 Å². The second-order valence-corrected chi connectivity index (χ2v) is 4.60. The van der Waals surface area contributed by atoms with Crippen molar-refractivity contribution in [3.05, 3.63) is 29.1 Å². The van der Waals surface area contributed by atoms with Gasteiger partial charge < -0.3 is 5.73 Å². The second kappa shape index (κ2) is 2.48. The fourth-order valence-corrected chi connectivity index (χ4v) is 2.91. The molecule has 1 aromatic heterocycles. The smallest absolute Gasteiger partial charge is 0.0405 e. The Morgan fingerprint density at radius 1 is 1.31 bits per heavy atom. The van der Waals surface area contributed by atoms with Gasteiger partial charge in [0.15, 0.2) is 0 Å². The molecule has 0 amide bonds. The molecule has 1 aromatic carbocycles. The lowest BCUT2D eigenvalue weighted by atomic mass is 10.1. The van der Waals surface area contributed by atoms with Crippen molar-refractivity contribution < 1.29 is 0 Å². The van der Waals surface area contributed by atoms with E-state index in [1.807, 2.05) is 23.5 Å². The highest BCUT2D eigenvalue weighted by molar-refractivity contribution is 7.17. The number of hydrogen-bond donors (Lipinski definition) is 1. The van der Waals surface area contributed by atoms with E-state index in [0.717, 1.165) is 11.6 Å². The largest absolute Gasteiger partial charge is 0.398 e. The predicted molar refractivity (Wildman–Crippen MR) is 58.2 cm³/mol. The molecule has 13 heavy (non-hydrogen) atoms. The van der Waals surface area contributed by atoms with Crippen LogP contribution in [0.4, 0.5) is 5.69 Å². The van der Waals surface area contributed by atoms with Crippen LogP contribution in [0.5, 0.6) is 0 Å². The zero-order valence-electron chi connectivity index (χ0n) is 7.29. The van der Waals surface area contributed by atoms with Crippen LogP contribution in [0.15, 0.2) is 23.6 Å². The van der Waals surface area contributed by atoms with E-state index in [-0.39, 0.29) is 0 Å². The summed E-state index contributed by atoms with van der Waals surface area (Å²) in [6.07, 6.45) is 2.69. The summed E-state index contributed by atoms with van der Waals surface area (Å²) in [5.41, 5.74) is 8.40. The Labute approximate surface area is 81.2 Å². The average Bonchev–Trinajstić information content (AvgIpc) is 2.87. The Morgan fingerprint density at radius 3 is 2.92 bits per heavy atom. The minimum Gasteiger partial charge on any atom is -0.398 e. The lowest BCUT2D eigenvalue weighted by Gasteiger charge is -1.99. The molecule has 0 bridgehead atoms. The molecule has 0 unspecified atom stereocenters. The lowest BCUT2D eigenvalue weighted by Crippen LogP contribution is -1.86. The maximum atomic E-state index is 5.97. The number of nitrogen functional groups attached to an aromatic ring is 1. The maximum absolute atomic E-state index is 5.97. The summed E-state index contributed by atoms with van der Waals surface area (Å²) in [6, 6.07) is 6.19. The Hall–Kier alpha value is -1.02. The highest BCUT2D eigenvalue weighted by atomic mass is 32.1. The monoisotopic (exact) mass is 189 g/mol. The van der Waals surface area contributed by atoms with Gasteiger partial charge in [0.05, 0.1) is 0 Å². The molecule has 1 aliphatic carbocycles. The van der Waals surface area contributed by atoms with Crippen LogP contribution < -0.4 is 5.73 Å². The van der Waals surface area contributed by atoms with Gasteiger partial charge in [-0.15, -0.1) is 11.3 Å². The first kappa shape index (κ1) is 7.39. The van der Waals surface area contributed by atoms with E-state index in [0.29, 0.717) is 0 Å². The van der Waals surface area contributed by atoms with Crippen molar-refractivity contribution in [1.82, 2.24) is 0 Å². The number of rotatable bonds is 1. The Bertz CT molecular complexity index is 454. The molecule has 66 valence electrons. The van der Waals surface area contributed by atoms with Crippen LogP contribution in [0, 0.1) is 0 Å². The van der Waals surface area contributed by atoms with Gasteiger partial charge in [0.2, 0.25) is 0 Å². The summed E-state index contributed by atoms with van der Waals surface area (Å²) >= 11 is 1.82. The van der Waals surface area contributed by atoms with E-state index in [2.05, 4.69) is 11.4 Å². The molecule has 1 saturated carbocycles. The molecule has 1 heterocycles. The molecule has 0 radical (unpaired) electrons. The van der Waals surface area contributed by atoms with Crippen LogP contribution >= 0.6 is 11.3 Å². The molecule has 1 aliphatic rings. The first-order valence-electron chi connectivity index (χ1n) is 4.62. The average molecular weight is 189 g/mol. The van der Waals surface area contributed by atoms with Gasteiger partial charge >= 0.3 is 0 Å². The molecule has 2 heteroatoms. The van der Waals surface area contributed by atoms with Crippen molar-refractivity contribution in [2.45, 2.75) is 18.8 Å². The second-order valence-electron chi connectivity index (χ2n) is 3.69. The topological polar surface area (TPSA) is 26.0 Å². The molecule has 1 nitrogen and oxygen atoms in total. The van der Waals surface area contributed by atoms with Gasteiger partial charge in [-0.2, -0.15) is 0 Å². The molecule has 0 aliphatic heterocycles. The normalized spacial score (nSPS) is 16.6. The fourth-order valence-electron chi connectivity index (χ4n) is 1.84. The lowest BCUT2D eigenvalue weighted by molar-refractivity contribution is 1.16. The van der Waals surface area contributed by atoms with E-state index in [1.165, 1.54) is 28.5 Å². The van der Waals surface area contributed by atoms with Crippen molar-refractivity contribution in [2.75, 3.05) is 5.73 Å². The number of thiophene rings is 1. The van der Waals surface area contributed by atoms with Crippen molar-refractivity contribution in [2.24, 2.45) is 0 Å². The van der Waals surface area contributed by atoms with Gasteiger partial charge in [-0.25, -0.2) is 0 Å². The van der Waals surface area contributed by atoms with E-state index < -0.39 is 0 Å². The number of nitrogens with two attached hydrogens (primary N) is 1. The number of benzene rings is 1. The van der Waals surface area contributed by atoms with Crippen LogP contribution in [0.25, 0.3) is 10.1 Å². The third kappa shape index (κ3) is 1.05. The van der Waals surface area contributed by atoms with Crippen LogP contribution in [0.2, 0.25) is 0 Å². The third-order valence-electron chi connectivity index (χ3n) is 2.68. The molecule has 3 rings (SSSR count). The van der Waals surface area contributed by atoms with E-state index in [4.69, 9.17) is 5.73 Å². The first-order valence-corrected chi connectivity index (χ1v) is 5.50. The van der Waals surface area contributed by atoms with Crippen LogP contribution in [0.3, 0.4) is 0 Å². The standard InChI is InChI=1S/C11H11NS/c12-9-2-1-3-10-11(9)8(6-13-10)7-4-5-7/h1-3,6-7H,4-5,12H2. The Morgan fingerprint density at radius 2 is 2.15 bits per heavy atom. The van der Waals surface area contributed by atoms with Crippen LogP contribution in [-0.4, -0.2) is 0 Å². The van der Waals surface area contributed by atoms with Gasteiger partial charge in [-0.3, -0.25) is 0 Å². The summed E-state index contributed by atoms with van der Waals surface area (Å²) in [6.45, 7) is 0. The number of anilines is 1. The molecule has 2 N–H and O–H groups in total. The quantitative estimate of drug-likeness (QED) is 0.684. The van der Waals surface area contributed by atoms with Crippen molar-refractivity contribution in [3.8, 4) is 0 Å². The minimum absolute atomic E-state index is 0.804. The number of fused-ring (bicyclic) bond motifs is 1. The highest BCUT2D eigenvalue weighted by Crippen LogP contribution is 2.46. The summed E-state index contributed by atoms with van der Waals surface area (Å²) in [7, 11) is 0. The van der Waals surface area contributed by atoms with Crippen LogP contribution in [-0.2, 0) is 0 Å². The first-order chi connectivity index (χ1) is 6.36. The predicted octanol–water partition coefficient (Wildman–Crippen LogP) is 3.36. The number of hydrogen-bond acceptors (Lipinski definition) is 2. The summed E-state index contributed by atoms with van der Waals surface area (Å²) in [5.74, 6) is 0.804. The van der Waals surface area contributed by atoms with Crippen molar-refractivity contribution >= 4 is 27.1 Å². The van der Waals surface area contributed by atoms with Crippen molar-refractivity contribution in [3.63, 3.8) is 0 Å². The zero-order valence-corrected chi connectivity index (χ0v) is 8.10.